The van der Waals surface area contributed by atoms with E-state index < -0.39 is 0 Å². The zero-order valence-corrected chi connectivity index (χ0v) is 11.3. The second-order valence-corrected chi connectivity index (χ2v) is 4.23. The number of halogens is 1. The van der Waals surface area contributed by atoms with Gasteiger partial charge in [-0.3, -0.25) is 9.59 Å². The van der Waals surface area contributed by atoms with Crippen LogP contribution in [0.3, 0.4) is 0 Å². The van der Waals surface area contributed by atoms with Crippen molar-refractivity contribution >= 4 is 23.4 Å². The van der Waals surface area contributed by atoms with E-state index >= 15 is 0 Å². The smallest absolute Gasteiger partial charge is 0.253 e. The molecule has 0 unspecified atom stereocenters. The summed E-state index contributed by atoms with van der Waals surface area (Å²) in [6, 6.07) is 0. The highest BCUT2D eigenvalue weighted by Gasteiger charge is 2.18. The zero-order chi connectivity index (χ0) is 13.5. The maximum Gasteiger partial charge on any atom is 0.253 e. The molecular weight excluding hydrogens is 252 g/mol. The number of rotatable bonds is 3. The average molecular weight is 269 g/mol. The van der Waals surface area contributed by atoms with Crippen molar-refractivity contribution in [2.75, 3.05) is 12.9 Å². The number of likely N-dealkylation sites (N-methyl/N-ethyl adjacent to an activating group) is 1. The molecule has 0 fully saturated rings. The number of hydrogen-bond donors (Lipinski definition) is 2. The third kappa shape index (κ3) is 3.74. The Morgan fingerprint density at radius 2 is 2.17 bits per heavy atom. The summed E-state index contributed by atoms with van der Waals surface area (Å²) >= 11 is 5.47. The molecule has 0 aromatic heterocycles. The molecule has 1 aliphatic carbocycles. The van der Waals surface area contributed by atoms with Gasteiger partial charge in [-0.25, -0.2) is 0 Å². The van der Waals surface area contributed by atoms with Gasteiger partial charge in [-0.05, 0) is 25.8 Å². The zero-order valence-electron chi connectivity index (χ0n) is 10.5. The van der Waals surface area contributed by atoms with Crippen LogP contribution < -0.4 is 10.6 Å². The molecule has 1 rings (SSSR count). The summed E-state index contributed by atoms with van der Waals surface area (Å²) in [4.78, 5) is 23.3. The minimum Gasteiger partial charge on any atom is -0.355 e. The summed E-state index contributed by atoms with van der Waals surface area (Å²) in [5.41, 5.74) is 1.95. The Morgan fingerprint density at radius 1 is 1.44 bits per heavy atom. The molecule has 0 radical (unpaired) electrons. The Morgan fingerprint density at radius 3 is 2.78 bits per heavy atom. The van der Waals surface area contributed by atoms with Crippen LogP contribution in [0.2, 0.25) is 0 Å². The van der Waals surface area contributed by atoms with Crippen LogP contribution in [0.1, 0.15) is 19.8 Å². The molecule has 2 amide bonds. The van der Waals surface area contributed by atoms with Crippen molar-refractivity contribution < 1.29 is 9.59 Å². The first kappa shape index (κ1) is 14.5. The van der Waals surface area contributed by atoms with Crippen molar-refractivity contribution in [2.24, 2.45) is 0 Å². The molecular formula is C13H17ClN2O2. The fourth-order valence-corrected chi connectivity index (χ4v) is 1.79. The molecule has 0 aromatic carbocycles. The van der Waals surface area contributed by atoms with E-state index in [4.69, 9.17) is 11.6 Å². The van der Waals surface area contributed by atoms with Gasteiger partial charge in [-0.2, -0.15) is 0 Å². The number of carbonyl (C=O) groups is 2. The molecule has 0 saturated heterocycles. The number of nitrogens with one attached hydrogen (secondary N) is 2. The second-order valence-electron chi connectivity index (χ2n) is 3.96. The third-order valence-electron chi connectivity index (χ3n) is 2.63. The van der Waals surface area contributed by atoms with Gasteiger partial charge in [-0.15, -0.1) is 11.6 Å². The van der Waals surface area contributed by atoms with E-state index in [1.54, 1.807) is 13.1 Å². The minimum absolute atomic E-state index is 0.138. The van der Waals surface area contributed by atoms with E-state index in [9.17, 15) is 9.59 Å². The van der Waals surface area contributed by atoms with Gasteiger partial charge in [0.05, 0.1) is 11.3 Å². The van der Waals surface area contributed by atoms with Crippen LogP contribution in [0.25, 0.3) is 0 Å². The number of carbonyl (C=O) groups excluding carboxylic acids is 2. The molecule has 0 atom stereocenters. The SMILES string of the molecule is CNC(=O)C1=C(C)CCC=CC=C1NC(=O)CCl. The average Bonchev–Trinajstić information content (AvgIpc) is 2.35. The molecule has 0 aromatic rings. The van der Waals surface area contributed by atoms with E-state index in [0.717, 1.165) is 18.4 Å². The van der Waals surface area contributed by atoms with Crippen LogP contribution in [0.4, 0.5) is 0 Å². The van der Waals surface area contributed by atoms with Crippen molar-refractivity contribution in [3.63, 3.8) is 0 Å². The van der Waals surface area contributed by atoms with E-state index in [0.29, 0.717) is 11.3 Å². The van der Waals surface area contributed by atoms with Gasteiger partial charge in [0.15, 0.2) is 0 Å². The lowest BCUT2D eigenvalue weighted by atomic mass is 9.98. The van der Waals surface area contributed by atoms with Crippen LogP contribution in [0.5, 0.6) is 0 Å². The summed E-state index contributed by atoms with van der Waals surface area (Å²) in [6.07, 6.45) is 7.21. The summed E-state index contributed by atoms with van der Waals surface area (Å²) < 4.78 is 0. The molecule has 18 heavy (non-hydrogen) atoms. The molecule has 98 valence electrons. The standard InChI is InChI=1S/C13H17ClN2O2/c1-9-6-4-3-5-7-10(16-11(17)8-14)12(9)13(18)15-2/h3,5,7H,4,6,8H2,1-2H3,(H,15,18)(H,16,17). The first-order valence-corrected chi connectivity index (χ1v) is 6.28. The highest BCUT2D eigenvalue weighted by Crippen LogP contribution is 2.20. The molecule has 0 heterocycles. The van der Waals surface area contributed by atoms with E-state index in [1.807, 2.05) is 19.1 Å². The molecule has 2 N–H and O–H groups in total. The van der Waals surface area contributed by atoms with Crippen LogP contribution in [-0.4, -0.2) is 24.7 Å². The van der Waals surface area contributed by atoms with Crippen LogP contribution in [0, 0.1) is 0 Å². The minimum atomic E-state index is -0.328. The fraction of sp³-hybridized carbons (Fsp3) is 0.385. The number of allylic oxidation sites excluding steroid dienone is 4. The van der Waals surface area contributed by atoms with Crippen molar-refractivity contribution in [1.82, 2.24) is 10.6 Å². The summed E-state index contributed by atoms with van der Waals surface area (Å²) in [5, 5.41) is 5.24. The predicted molar refractivity (Wildman–Crippen MR) is 72.1 cm³/mol. The van der Waals surface area contributed by atoms with E-state index in [2.05, 4.69) is 10.6 Å². The molecule has 4 nitrogen and oxygen atoms in total. The van der Waals surface area contributed by atoms with Gasteiger partial charge in [0.1, 0.15) is 5.88 Å². The van der Waals surface area contributed by atoms with Gasteiger partial charge in [0.25, 0.3) is 5.91 Å². The maximum absolute atomic E-state index is 11.9. The second kappa shape index (κ2) is 7.01. The molecule has 0 spiro atoms. The van der Waals surface area contributed by atoms with Crippen molar-refractivity contribution in [3.8, 4) is 0 Å². The monoisotopic (exact) mass is 268 g/mol. The Labute approximate surface area is 112 Å². The predicted octanol–water partition coefficient (Wildman–Crippen LogP) is 1.64. The fourth-order valence-electron chi connectivity index (χ4n) is 1.73. The summed E-state index contributed by atoms with van der Waals surface area (Å²) in [7, 11) is 1.57. The Hall–Kier alpha value is -1.55. The lowest BCUT2D eigenvalue weighted by molar-refractivity contribution is -0.118. The Bertz CT molecular complexity index is 436. The molecule has 1 aliphatic rings. The van der Waals surface area contributed by atoms with Gasteiger partial charge in [0.2, 0.25) is 5.91 Å². The van der Waals surface area contributed by atoms with E-state index in [-0.39, 0.29) is 17.7 Å². The third-order valence-corrected chi connectivity index (χ3v) is 2.87. The topological polar surface area (TPSA) is 58.2 Å². The molecule has 0 bridgehead atoms. The number of hydrogen-bond acceptors (Lipinski definition) is 2. The number of amides is 2. The van der Waals surface area contributed by atoms with Gasteiger partial charge < -0.3 is 10.6 Å². The lowest BCUT2D eigenvalue weighted by Crippen LogP contribution is -2.31. The maximum atomic E-state index is 11.9. The lowest BCUT2D eigenvalue weighted by Gasteiger charge is -2.16. The van der Waals surface area contributed by atoms with Crippen molar-refractivity contribution in [1.29, 1.82) is 0 Å². The van der Waals surface area contributed by atoms with Gasteiger partial charge in [-0.1, -0.05) is 17.7 Å². The first-order chi connectivity index (χ1) is 8.60. The highest BCUT2D eigenvalue weighted by molar-refractivity contribution is 6.27. The molecule has 0 aliphatic heterocycles. The quantitative estimate of drug-likeness (QED) is 0.765. The molecule has 0 saturated carbocycles. The normalized spacial score (nSPS) is 15.6. The van der Waals surface area contributed by atoms with E-state index in [1.165, 1.54) is 0 Å². The van der Waals surface area contributed by atoms with Crippen molar-refractivity contribution in [3.05, 3.63) is 35.1 Å². The summed E-state index contributed by atoms with van der Waals surface area (Å²) in [6.45, 7) is 1.89. The van der Waals surface area contributed by atoms with Gasteiger partial charge in [0, 0.05) is 7.05 Å². The Balaban J connectivity index is 3.14. The van der Waals surface area contributed by atoms with Crippen LogP contribution >= 0.6 is 11.6 Å². The van der Waals surface area contributed by atoms with Gasteiger partial charge >= 0.3 is 0 Å². The van der Waals surface area contributed by atoms with Crippen molar-refractivity contribution in [2.45, 2.75) is 19.8 Å². The molecule has 5 heteroatoms. The van der Waals surface area contributed by atoms with Crippen LogP contribution in [-0.2, 0) is 9.59 Å². The highest BCUT2D eigenvalue weighted by atomic mass is 35.5. The summed E-state index contributed by atoms with van der Waals surface area (Å²) in [5.74, 6) is -0.670. The number of alkyl halides is 1. The largest absolute Gasteiger partial charge is 0.355 e. The Kier molecular flexibility index (Phi) is 5.65. The van der Waals surface area contributed by atoms with Crippen LogP contribution in [0.15, 0.2) is 35.1 Å². The first-order valence-electron chi connectivity index (χ1n) is 5.75.